The van der Waals surface area contributed by atoms with E-state index >= 15 is 0 Å². The van der Waals surface area contributed by atoms with E-state index in [0.29, 0.717) is 11.9 Å². The number of rotatable bonds is 6. The molecule has 180 valence electrons. The van der Waals surface area contributed by atoms with Crippen LogP contribution in [0.3, 0.4) is 0 Å². The molecule has 0 aromatic carbocycles. The highest BCUT2D eigenvalue weighted by Gasteiger charge is 2.35. The van der Waals surface area contributed by atoms with Crippen LogP contribution in [0.15, 0.2) is 40.0 Å². The average molecular weight is 515 g/mol. The van der Waals surface area contributed by atoms with E-state index in [9.17, 15) is 0 Å². The monoisotopic (exact) mass is 514 g/mol. The minimum absolute atomic E-state index is 0.190. The quantitative estimate of drug-likeness (QED) is 0.239. The number of likely N-dealkylation sites (tertiary alicyclic amines) is 1. The fraction of sp³-hybridized carbons (Fsp3) is 0.480. The first kappa shape index (κ1) is 23.9. The summed E-state index contributed by atoms with van der Waals surface area (Å²) in [7, 11) is 1.79. The molecule has 0 bridgehead atoms. The SMILES string of the molecule is C=CS/C(=N\C)c1cn(C2CCC(C3CCN(Cc4ccsc4)CC3)C2)c2nc(Cl)nc(N)c12. The molecule has 9 heteroatoms. The second kappa shape index (κ2) is 10.4. The Morgan fingerprint density at radius 2 is 2.12 bits per heavy atom. The average Bonchev–Trinajstić information content (AvgIpc) is 3.58. The van der Waals surface area contributed by atoms with Crippen molar-refractivity contribution < 1.29 is 0 Å². The number of nitrogens with two attached hydrogens (primary N) is 1. The second-order valence-electron chi connectivity index (χ2n) is 9.31. The molecular weight excluding hydrogens is 484 g/mol. The lowest BCUT2D eigenvalue weighted by atomic mass is 9.83. The number of nitrogens with zero attached hydrogens (tertiary/aromatic N) is 5. The van der Waals surface area contributed by atoms with Crippen LogP contribution in [0.5, 0.6) is 0 Å². The van der Waals surface area contributed by atoms with Crippen molar-refractivity contribution in [3.63, 3.8) is 0 Å². The predicted octanol–water partition coefficient (Wildman–Crippen LogP) is 6.23. The smallest absolute Gasteiger partial charge is 0.226 e. The minimum Gasteiger partial charge on any atom is -0.383 e. The summed E-state index contributed by atoms with van der Waals surface area (Å²) in [4.78, 5) is 15.9. The lowest BCUT2D eigenvalue weighted by Gasteiger charge is -2.34. The fourth-order valence-electron chi connectivity index (χ4n) is 5.80. The van der Waals surface area contributed by atoms with E-state index in [4.69, 9.17) is 17.3 Å². The maximum absolute atomic E-state index is 6.32. The zero-order valence-electron chi connectivity index (χ0n) is 19.5. The van der Waals surface area contributed by atoms with Crippen LogP contribution in [0, 0.1) is 11.8 Å². The van der Waals surface area contributed by atoms with Crippen molar-refractivity contribution in [2.45, 2.75) is 44.7 Å². The van der Waals surface area contributed by atoms with Gasteiger partial charge in [-0.2, -0.15) is 16.3 Å². The lowest BCUT2D eigenvalue weighted by Crippen LogP contribution is -2.35. The van der Waals surface area contributed by atoms with E-state index in [1.807, 2.05) is 0 Å². The van der Waals surface area contributed by atoms with Crippen molar-refractivity contribution in [2.75, 3.05) is 25.9 Å². The van der Waals surface area contributed by atoms with Crippen molar-refractivity contribution in [3.05, 3.63) is 51.4 Å². The van der Waals surface area contributed by atoms with Gasteiger partial charge in [-0.3, -0.25) is 9.89 Å². The van der Waals surface area contributed by atoms with E-state index in [1.165, 1.54) is 56.1 Å². The molecule has 1 aliphatic carbocycles. The standard InChI is InChI=1S/C25H31ClN6S2/c1-3-34-24(28-2)20-14-32(23-21(20)22(27)29-25(26)30-23)19-5-4-18(12-19)17-6-9-31(10-7-17)13-16-8-11-33-15-16/h3,8,11,14-15,17-19H,1,4-7,9-10,12-13H2,2H3,(H2,27,29,30)/b28-24-. The van der Waals surface area contributed by atoms with Gasteiger partial charge in [0.25, 0.3) is 0 Å². The molecule has 3 aromatic rings. The Kier molecular flexibility index (Phi) is 7.30. The Labute approximate surface area is 214 Å². The number of piperidine rings is 1. The molecule has 0 radical (unpaired) electrons. The van der Waals surface area contributed by atoms with E-state index < -0.39 is 0 Å². The molecule has 2 aliphatic rings. The van der Waals surface area contributed by atoms with Crippen molar-refractivity contribution >= 4 is 56.6 Å². The lowest BCUT2D eigenvalue weighted by molar-refractivity contribution is 0.141. The summed E-state index contributed by atoms with van der Waals surface area (Å²) in [5.74, 6) is 1.96. The van der Waals surface area contributed by atoms with E-state index in [-0.39, 0.29) is 5.28 Å². The van der Waals surface area contributed by atoms with Crippen molar-refractivity contribution in [1.82, 2.24) is 19.4 Å². The Hall–Kier alpha value is -1.87. The number of anilines is 1. The molecule has 3 aromatic heterocycles. The highest BCUT2D eigenvalue weighted by molar-refractivity contribution is 8.16. The van der Waals surface area contributed by atoms with Gasteiger partial charge in [0, 0.05) is 31.4 Å². The van der Waals surface area contributed by atoms with Gasteiger partial charge >= 0.3 is 0 Å². The zero-order valence-corrected chi connectivity index (χ0v) is 21.9. The van der Waals surface area contributed by atoms with Crippen LogP contribution >= 0.6 is 34.7 Å². The van der Waals surface area contributed by atoms with Crippen LogP contribution in [0.1, 0.15) is 49.3 Å². The number of nitrogen functional groups attached to an aromatic ring is 1. The van der Waals surface area contributed by atoms with Crippen LogP contribution in [-0.2, 0) is 6.54 Å². The second-order valence-corrected chi connectivity index (χ2v) is 11.4. The Balaban J connectivity index is 1.33. The van der Waals surface area contributed by atoms with Gasteiger partial charge < -0.3 is 10.3 Å². The summed E-state index contributed by atoms with van der Waals surface area (Å²) in [5, 5.41) is 8.13. The number of hydrogen-bond acceptors (Lipinski definition) is 7. The summed E-state index contributed by atoms with van der Waals surface area (Å²) in [6.07, 6.45) is 8.33. The summed E-state index contributed by atoms with van der Waals surface area (Å²) in [5.41, 5.74) is 9.54. The molecule has 1 saturated heterocycles. The molecule has 0 amide bonds. The molecule has 34 heavy (non-hydrogen) atoms. The molecule has 2 N–H and O–H groups in total. The topological polar surface area (TPSA) is 72.3 Å². The maximum Gasteiger partial charge on any atom is 0.226 e. The summed E-state index contributed by atoms with van der Waals surface area (Å²) < 4.78 is 2.29. The first-order chi connectivity index (χ1) is 16.6. The molecule has 6 nitrogen and oxygen atoms in total. The summed E-state index contributed by atoms with van der Waals surface area (Å²) >= 11 is 9.51. The van der Waals surface area contributed by atoms with E-state index in [0.717, 1.165) is 46.4 Å². The molecule has 2 fully saturated rings. The van der Waals surface area contributed by atoms with Gasteiger partial charge in [-0.05, 0) is 96.4 Å². The fourth-order valence-corrected chi connectivity index (χ4v) is 7.18. The largest absolute Gasteiger partial charge is 0.383 e. The van der Waals surface area contributed by atoms with Crippen LogP contribution in [0.2, 0.25) is 5.28 Å². The third-order valence-corrected chi connectivity index (χ3v) is 9.12. The number of fused-ring (bicyclic) bond motifs is 1. The van der Waals surface area contributed by atoms with Gasteiger partial charge in [0.1, 0.15) is 16.5 Å². The highest BCUT2D eigenvalue weighted by Crippen LogP contribution is 2.44. The van der Waals surface area contributed by atoms with Gasteiger partial charge in [0.05, 0.1) is 5.39 Å². The molecule has 2 atom stereocenters. The number of thioether (sulfide) groups is 1. The number of aromatic nitrogens is 3. The minimum atomic E-state index is 0.190. The Morgan fingerprint density at radius 3 is 2.82 bits per heavy atom. The third-order valence-electron chi connectivity index (χ3n) is 7.43. The molecular formula is C25H31ClN6S2. The number of hydrogen-bond donors (Lipinski definition) is 1. The third kappa shape index (κ3) is 4.78. The normalized spacial score (nSPS) is 22.6. The number of thiophene rings is 1. The maximum atomic E-state index is 6.32. The van der Waals surface area contributed by atoms with Crippen LogP contribution in [-0.4, -0.2) is 44.6 Å². The molecule has 5 rings (SSSR count). The van der Waals surface area contributed by atoms with Gasteiger partial charge in [-0.1, -0.05) is 18.3 Å². The summed E-state index contributed by atoms with van der Waals surface area (Å²) in [6, 6.07) is 2.64. The molecule has 1 saturated carbocycles. The molecule has 2 unspecified atom stereocenters. The van der Waals surface area contributed by atoms with Crippen molar-refractivity contribution in [3.8, 4) is 0 Å². The van der Waals surface area contributed by atoms with Crippen LogP contribution < -0.4 is 5.73 Å². The predicted molar refractivity (Wildman–Crippen MR) is 146 cm³/mol. The van der Waals surface area contributed by atoms with Gasteiger partial charge in [-0.15, -0.1) is 0 Å². The van der Waals surface area contributed by atoms with E-state index in [1.54, 1.807) is 23.8 Å². The van der Waals surface area contributed by atoms with Crippen molar-refractivity contribution in [1.29, 1.82) is 0 Å². The first-order valence-corrected chi connectivity index (χ1v) is 14.1. The number of aliphatic imine (C=N–C) groups is 1. The van der Waals surface area contributed by atoms with Crippen molar-refractivity contribution in [2.24, 2.45) is 16.8 Å². The van der Waals surface area contributed by atoms with Gasteiger partial charge in [-0.25, -0.2) is 4.98 Å². The first-order valence-electron chi connectivity index (χ1n) is 11.9. The van der Waals surface area contributed by atoms with Crippen LogP contribution in [0.25, 0.3) is 11.0 Å². The van der Waals surface area contributed by atoms with Gasteiger partial charge in [0.15, 0.2) is 0 Å². The number of halogens is 1. The highest BCUT2D eigenvalue weighted by atomic mass is 35.5. The molecule has 4 heterocycles. The molecule has 1 aliphatic heterocycles. The van der Waals surface area contributed by atoms with E-state index in [2.05, 4.69) is 54.0 Å². The molecule has 0 spiro atoms. The Morgan fingerprint density at radius 1 is 1.29 bits per heavy atom. The van der Waals surface area contributed by atoms with Gasteiger partial charge in [0.2, 0.25) is 5.28 Å². The van der Waals surface area contributed by atoms with Crippen LogP contribution in [0.4, 0.5) is 5.82 Å². The summed E-state index contributed by atoms with van der Waals surface area (Å²) in [6.45, 7) is 7.34. The Bertz CT molecular complexity index is 1180. The zero-order chi connectivity index (χ0) is 23.7.